The average Bonchev–Trinajstić information content (AvgIpc) is 4.11. The molecule has 0 spiro atoms. The molecule has 2 atom stereocenters. The minimum absolute atomic E-state index is 0.121. The second kappa shape index (κ2) is 25.1. The molecule has 76 heavy (non-hydrogen) atoms. The van der Waals surface area contributed by atoms with E-state index in [1.165, 1.54) is 123 Å². The van der Waals surface area contributed by atoms with Gasteiger partial charge in [-0.05, 0) is 78.7 Å². The zero-order valence-electron chi connectivity index (χ0n) is 50.1. The van der Waals surface area contributed by atoms with E-state index in [0.29, 0.717) is 23.7 Å². The number of benzene rings is 6. The van der Waals surface area contributed by atoms with Crippen LogP contribution in [0.2, 0.25) is 0 Å². The van der Waals surface area contributed by atoms with Crippen LogP contribution in [0.25, 0.3) is 54.9 Å². The predicted molar refractivity (Wildman–Crippen MR) is 338 cm³/mol. The monoisotopic (exact) mass is 1140 g/mol. The fourth-order valence-corrected chi connectivity index (χ4v) is 11.6. The fraction of sp³-hybridized carbons (Fsp3) is 0.417. The maximum Gasteiger partial charge on any atom is 0.0920 e. The van der Waals surface area contributed by atoms with Gasteiger partial charge < -0.3 is 0 Å². The molecule has 0 nitrogen and oxygen atoms in total. The van der Waals surface area contributed by atoms with E-state index in [1.807, 2.05) is 6.07 Å². The van der Waals surface area contributed by atoms with E-state index in [-0.39, 0.29) is 21.7 Å². The average molecular weight is 1140 g/mol. The van der Waals surface area contributed by atoms with Crippen molar-refractivity contribution in [1.29, 1.82) is 0 Å². The van der Waals surface area contributed by atoms with Crippen molar-refractivity contribution in [2.24, 2.45) is 0 Å². The summed E-state index contributed by atoms with van der Waals surface area (Å²) in [5, 5.41) is 8.42. The molecule has 9 rings (SSSR count). The van der Waals surface area contributed by atoms with Crippen LogP contribution >= 0.6 is 17.0 Å². The molecule has 0 aromatic heterocycles. The first-order chi connectivity index (χ1) is 35.5. The van der Waals surface area contributed by atoms with Gasteiger partial charge in [0.25, 0.3) is 0 Å². The van der Waals surface area contributed by atoms with Crippen molar-refractivity contribution in [2.45, 2.75) is 197 Å². The minimum Gasteiger partial charge on any atom is -0.184 e. The Morgan fingerprint density at radius 2 is 0.855 bits per heavy atom. The van der Waals surface area contributed by atoms with Crippen molar-refractivity contribution in [3.8, 4) is 33.4 Å². The quantitative estimate of drug-likeness (QED) is 0.105. The molecule has 0 amide bonds. The van der Waals surface area contributed by atoms with Crippen molar-refractivity contribution in [2.75, 3.05) is 0 Å². The van der Waals surface area contributed by atoms with E-state index in [4.69, 9.17) is 17.0 Å². The summed E-state index contributed by atoms with van der Waals surface area (Å²) in [6, 6.07) is 52.0. The summed E-state index contributed by atoms with van der Waals surface area (Å²) in [5.41, 5.74) is 20.4. The van der Waals surface area contributed by atoms with Crippen LogP contribution in [0.3, 0.4) is 0 Å². The Morgan fingerprint density at radius 1 is 0.487 bits per heavy atom. The van der Waals surface area contributed by atoms with Gasteiger partial charge in [0.15, 0.2) is 0 Å². The van der Waals surface area contributed by atoms with Gasteiger partial charge in [-0.2, -0.15) is 41.6 Å². The van der Waals surface area contributed by atoms with Crippen molar-refractivity contribution in [3.63, 3.8) is 0 Å². The maximum atomic E-state index is 4.93. The van der Waals surface area contributed by atoms with Crippen molar-refractivity contribution in [1.82, 2.24) is 0 Å². The molecule has 0 aliphatic carbocycles. The van der Waals surface area contributed by atoms with Crippen LogP contribution in [0.5, 0.6) is 0 Å². The van der Waals surface area contributed by atoms with Gasteiger partial charge in [-0.1, -0.05) is 245 Å². The molecular weight excluding hydrogens is 1060 g/mol. The molecule has 4 heteroatoms. The van der Waals surface area contributed by atoms with Crippen LogP contribution in [-0.2, 0) is 42.5 Å². The minimum atomic E-state index is -0.826. The molecule has 0 saturated heterocycles. The summed E-state index contributed by atoms with van der Waals surface area (Å²) in [6.07, 6.45) is 2.35. The van der Waals surface area contributed by atoms with Gasteiger partial charge in [0, 0.05) is 0 Å². The topological polar surface area (TPSA) is 0 Å². The summed E-state index contributed by atoms with van der Waals surface area (Å²) >= 11 is -0.826. The van der Waals surface area contributed by atoms with E-state index in [9.17, 15) is 0 Å². The second-order valence-corrected chi connectivity index (χ2v) is 31.4. The Hall–Kier alpha value is -3.78. The number of hydrogen-bond donors (Lipinski definition) is 0. The van der Waals surface area contributed by atoms with Gasteiger partial charge in [-0.25, -0.2) is 0 Å². The zero-order chi connectivity index (χ0) is 56.2. The van der Waals surface area contributed by atoms with E-state index in [2.05, 4.69) is 266 Å². The second-order valence-electron chi connectivity index (χ2n) is 26.4. The van der Waals surface area contributed by atoms with Crippen molar-refractivity contribution < 1.29 is 20.8 Å². The van der Waals surface area contributed by atoms with Crippen LogP contribution in [0, 0.1) is 6.07 Å². The number of halogens is 2. The third kappa shape index (κ3) is 14.5. The van der Waals surface area contributed by atoms with Crippen LogP contribution < -0.4 is 10.4 Å². The van der Waals surface area contributed by atoms with Crippen molar-refractivity contribution in [3.05, 3.63) is 178 Å². The zero-order valence-corrected chi connectivity index (χ0v) is 55.1. The number of fused-ring (bicyclic) bond motifs is 5. The summed E-state index contributed by atoms with van der Waals surface area (Å²) in [6.45, 7) is 46.4. The first kappa shape index (κ1) is 61.4. The molecule has 8 aromatic rings. The molecule has 8 aromatic carbocycles. The number of rotatable bonds is 8. The molecule has 0 bridgehead atoms. The van der Waals surface area contributed by atoms with Gasteiger partial charge >= 0.3 is 37.9 Å². The Kier molecular flexibility index (Phi) is 20.3. The molecule has 2 radical (unpaired) electrons. The van der Waals surface area contributed by atoms with Gasteiger partial charge in [0.05, 0.1) is 9.52 Å². The van der Waals surface area contributed by atoms with E-state index in [0.717, 1.165) is 9.52 Å². The summed E-state index contributed by atoms with van der Waals surface area (Å²) < 4.78 is 0. The maximum absolute atomic E-state index is 4.93. The third-order valence-corrected chi connectivity index (χ3v) is 17.1. The van der Waals surface area contributed by atoms with Gasteiger partial charge in [0.1, 0.15) is 0 Å². The molecule has 1 heterocycles. The van der Waals surface area contributed by atoms with Crippen LogP contribution in [-0.4, -0.2) is 9.52 Å². The predicted octanol–water partition coefficient (Wildman–Crippen LogP) is 21.4. The SMILES string of the molecule is CCC(C)c1cc2c(-c3cc(C(C)(C)C)cc(C(C)(C)C)c3)c(C(C)C)ccc2[cH-]1.CCC(C)c1cc2c(-c3cc(C(C)(C)C)cc(C(C)(C)C)c3)c(C(C)C)ccc2[cH-]1.[Cl][Zr][Cl].[c-]1cccc2c1[Si]c1ccccc1-2. The molecule has 402 valence electrons. The molecule has 0 N–H and O–H groups in total. The molecular formula is C72H89Cl2SiZr-3. The standard InChI is InChI=1S/2C30H41.C12H7Si.2ClH.Zr/c2*1-11-20(4)22-14-21-12-13-26(19(2)3)28(27(21)17-22)23-15-24(29(5,6)7)18-25(16-23)30(8,9)10;1-3-7-11-9(5-1)10-6-2-4-8-12(10)13-11;;;/h2*12-20H,11H2,1-10H3;1-7H;2*1H;/q3*-1;;;+2/p-2. The Labute approximate surface area is 483 Å². The summed E-state index contributed by atoms with van der Waals surface area (Å²) in [4.78, 5) is 0. The van der Waals surface area contributed by atoms with E-state index >= 15 is 0 Å². The van der Waals surface area contributed by atoms with Crippen molar-refractivity contribution >= 4 is 58.5 Å². The first-order valence-corrected chi connectivity index (χ1v) is 35.5. The normalized spacial score (nSPS) is 13.3. The molecule has 0 saturated carbocycles. The number of hydrogen-bond acceptors (Lipinski definition) is 0. The Morgan fingerprint density at radius 3 is 1.21 bits per heavy atom. The molecule has 0 fully saturated rings. The Bertz CT molecular complexity index is 2940. The first-order valence-electron chi connectivity index (χ1n) is 28.1. The van der Waals surface area contributed by atoms with Crippen LogP contribution in [0.4, 0.5) is 0 Å². The fourth-order valence-electron chi connectivity index (χ4n) is 10.3. The summed E-state index contributed by atoms with van der Waals surface area (Å²) in [5.74, 6) is 2.17. The third-order valence-electron chi connectivity index (χ3n) is 15.7. The molecule has 1 aliphatic rings. The molecule has 1 aliphatic heterocycles. The van der Waals surface area contributed by atoms with Crippen LogP contribution in [0.15, 0.2) is 127 Å². The largest absolute Gasteiger partial charge is 0.184 e. The van der Waals surface area contributed by atoms with Gasteiger partial charge in [-0.15, -0.1) is 74.6 Å². The smallest absolute Gasteiger partial charge is 0.0920 e. The van der Waals surface area contributed by atoms with E-state index < -0.39 is 20.8 Å². The van der Waals surface area contributed by atoms with Gasteiger partial charge in [0.2, 0.25) is 0 Å². The summed E-state index contributed by atoms with van der Waals surface area (Å²) in [7, 11) is 10.7. The van der Waals surface area contributed by atoms with E-state index in [1.54, 1.807) is 0 Å². The molecule has 2 unspecified atom stereocenters. The van der Waals surface area contributed by atoms with Crippen LogP contribution in [0.1, 0.15) is 219 Å². The Balaban J connectivity index is 0.000000192. The van der Waals surface area contributed by atoms with Gasteiger partial charge in [-0.3, -0.25) is 0 Å².